The third-order valence-corrected chi connectivity index (χ3v) is 6.16. The fourth-order valence-corrected chi connectivity index (χ4v) is 4.35. The van der Waals surface area contributed by atoms with Crippen molar-refractivity contribution in [3.8, 4) is 22.0 Å². The number of aromatic nitrogens is 5. The van der Waals surface area contributed by atoms with E-state index in [0.717, 1.165) is 48.7 Å². The van der Waals surface area contributed by atoms with Crippen molar-refractivity contribution >= 4 is 17.2 Å². The van der Waals surface area contributed by atoms with Crippen molar-refractivity contribution in [3.63, 3.8) is 0 Å². The molecule has 0 spiro atoms. The van der Waals surface area contributed by atoms with Crippen LogP contribution < -0.4 is 0 Å². The first-order valence-corrected chi connectivity index (χ1v) is 10.3. The number of hydrogen-bond acceptors (Lipinski definition) is 7. The second-order valence-corrected chi connectivity index (χ2v) is 7.73. The third-order valence-electron chi connectivity index (χ3n) is 5.28. The number of aromatic amines is 1. The molecular weight excluding hydrogens is 374 g/mol. The standard InChI is InChI=1S/C19H23N7OS/c1-3-26-8-4-13(5-9-26)25(2)19(27)16-12-28-18(23-16)14-10-22-24-17(14)15-11-20-6-7-21-15/h6-7,10-13H,3-5,8-9H2,1-2H3,(H,22,24). The number of nitrogens with one attached hydrogen (secondary N) is 1. The lowest BCUT2D eigenvalue weighted by atomic mass is 10.0. The van der Waals surface area contributed by atoms with Crippen LogP contribution in [-0.2, 0) is 0 Å². The number of carbonyl (C=O) groups excluding carboxylic acids is 1. The number of carbonyl (C=O) groups is 1. The first-order valence-electron chi connectivity index (χ1n) is 9.42. The largest absolute Gasteiger partial charge is 0.337 e. The van der Waals surface area contributed by atoms with Crippen molar-refractivity contribution in [3.05, 3.63) is 35.9 Å². The van der Waals surface area contributed by atoms with E-state index in [9.17, 15) is 4.79 Å². The van der Waals surface area contributed by atoms with Crippen LogP contribution in [0.1, 0.15) is 30.3 Å². The minimum Gasteiger partial charge on any atom is -0.337 e. The van der Waals surface area contributed by atoms with Gasteiger partial charge in [-0.05, 0) is 19.4 Å². The molecule has 1 amide bonds. The molecule has 4 heterocycles. The second-order valence-electron chi connectivity index (χ2n) is 6.87. The lowest BCUT2D eigenvalue weighted by Gasteiger charge is -2.36. The van der Waals surface area contributed by atoms with Gasteiger partial charge >= 0.3 is 0 Å². The minimum absolute atomic E-state index is 0.0259. The summed E-state index contributed by atoms with van der Waals surface area (Å²) in [6.45, 7) is 5.32. The Bertz CT molecular complexity index is 931. The molecule has 0 bridgehead atoms. The molecule has 0 saturated carbocycles. The number of likely N-dealkylation sites (tertiary alicyclic amines) is 1. The normalized spacial score (nSPS) is 15.6. The molecule has 9 heteroatoms. The molecule has 0 unspecified atom stereocenters. The van der Waals surface area contributed by atoms with E-state index in [1.807, 2.05) is 17.3 Å². The zero-order valence-corrected chi connectivity index (χ0v) is 16.8. The number of amides is 1. The van der Waals surface area contributed by atoms with Crippen LogP contribution in [0.4, 0.5) is 0 Å². The lowest BCUT2D eigenvalue weighted by molar-refractivity contribution is 0.0642. The monoisotopic (exact) mass is 397 g/mol. The fraction of sp³-hybridized carbons (Fsp3) is 0.421. The summed E-state index contributed by atoms with van der Waals surface area (Å²) in [6, 6.07) is 0.268. The first-order chi connectivity index (χ1) is 13.7. The minimum atomic E-state index is -0.0259. The fourth-order valence-electron chi connectivity index (χ4n) is 3.54. The molecule has 3 aromatic heterocycles. The predicted octanol–water partition coefficient (Wildman–Crippen LogP) is 2.55. The molecule has 1 saturated heterocycles. The summed E-state index contributed by atoms with van der Waals surface area (Å²) < 4.78 is 0. The van der Waals surface area contributed by atoms with Gasteiger partial charge in [0.05, 0.1) is 23.7 Å². The quantitative estimate of drug-likeness (QED) is 0.711. The smallest absolute Gasteiger partial charge is 0.273 e. The topological polar surface area (TPSA) is 90.9 Å². The summed E-state index contributed by atoms with van der Waals surface area (Å²) in [6.07, 6.45) is 8.65. The molecule has 0 atom stereocenters. The Morgan fingerprint density at radius 3 is 2.86 bits per heavy atom. The average Bonchev–Trinajstić information content (AvgIpc) is 3.43. The van der Waals surface area contributed by atoms with E-state index in [4.69, 9.17) is 0 Å². The molecule has 0 aliphatic carbocycles. The van der Waals surface area contributed by atoms with Gasteiger partial charge in [-0.3, -0.25) is 19.9 Å². The number of thiazole rings is 1. The van der Waals surface area contributed by atoms with Crippen molar-refractivity contribution in [2.24, 2.45) is 0 Å². The maximum absolute atomic E-state index is 12.9. The van der Waals surface area contributed by atoms with E-state index < -0.39 is 0 Å². The van der Waals surface area contributed by atoms with Gasteiger partial charge in [0.25, 0.3) is 5.91 Å². The van der Waals surface area contributed by atoms with E-state index in [0.29, 0.717) is 11.4 Å². The predicted molar refractivity (Wildman–Crippen MR) is 108 cm³/mol. The van der Waals surface area contributed by atoms with Crippen LogP contribution in [0.15, 0.2) is 30.2 Å². The van der Waals surface area contributed by atoms with Crippen molar-refractivity contribution in [1.82, 2.24) is 34.9 Å². The summed E-state index contributed by atoms with van der Waals surface area (Å²) >= 11 is 1.44. The Morgan fingerprint density at radius 1 is 1.32 bits per heavy atom. The number of H-pyrrole nitrogens is 1. The molecule has 8 nitrogen and oxygen atoms in total. The number of nitrogens with zero attached hydrogens (tertiary/aromatic N) is 6. The number of piperidine rings is 1. The van der Waals surface area contributed by atoms with Crippen LogP contribution in [0.3, 0.4) is 0 Å². The second kappa shape index (κ2) is 8.15. The van der Waals surface area contributed by atoms with Gasteiger partial charge in [-0.15, -0.1) is 11.3 Å². The van der Waals surface area contributed by atoms with Gasteiger partial charge in [0.15, 0.2) is 0 Å². The van der Waals surface area contributed by atoms with E-state index in [2.05, 4.69) is 37.0 Å². The highest BCUT2D eigenvalue weighted by Crippen LogP contribution is 2.31. The van der Waals surface area contributed by atoms with Crippen LogP contribution >= 0.6 is 11.3 Å². The molecule has 4 rings (SSSR count). The van der Waals surface area contributed by atoms with Gasteiger partial charge < -0.3 is 9.80 Å². The summed E-state index contributed by atoms with van der Waals surface area (Å²) in [5, 5.41) is 9.65. The lowest BCUT2D eigenvalue weighted by Crippen LogP contribution is -2.45. The van der Waals surface area contributed by atoms with Gasteiger partial charge in [0, 0.05) is 44.0 Å². The molecular formula is C19H23N7OS. The van der Waals surface area contributed by atoms with Crippen molar-refractivity contribution in [2.75, 3.05) is 26.7 Å². The molecule has 3 aromatic rings. The van der Waals surface area contributed by atoms with Crippen LogP contribution in [0, 0.1) is 0 Å². The third kappa shape index (κ3) is 3.67. The number of rotatable bonds is 5. The Balaban J connectivity index is 1.51. The van der Waals surface area contributed by atoms with E-state index >= 15 is 0 Å². The van der Waals surface area contributed by atoms with Crippen molar-refractivity contribution in [2.45, 2.75) is 25.8 Å². The number of hydrogen-bond donors (Lipinski definition) is 1. The highest BCUT2D eigenvalue weighted by Gasteiger charge is 2.27. The zero-order chi connectivity index (χ0) is 19.5. The molecule has 1 aliphatic rings. The van der Waals surface area contributed by atoms with Crippen LogP contribution in [0.2, 0.25) is 0 Å². The van der Waals surface area contributed by atoms with Crippen molar-refractivity contribution in [1.29, 1.82) is 0 Å². The van der Waals surface area contributed by atoms with E-state index in [1.165, 1.54) is 11.3 Å². The van der Waals surface area contributed by atoms with Crippen LogP contribution in [-0.4, -0.2) is 73.6 Å². The Kier molecular flexibility index (Phi) is 5.45. The maximum Gasteiger partial charge on any atom is 0.273 e. The summed E-state index contributed by atoms with van der Waals surface area (Å²) in [5.74, 6) is -0.0259. The molecule has 0 radical (unpaired) electrons. The molecule has 0 aromatic carbocycles. The maximum atomic E-state index is 12.9. The average molecular weight is 398 g/mol. The Labute approximate surface area is 167 Å². The highest BCUT2D eigenvalue weighted by atomic mass is 32.1. The van der Waals surface area contributed by atoms with Gasteiger partial charge in [-0.2, -0.15) is 5.10 Å². The Hall–Kier alpha value is -2.65. The van der Waals surface area contributed by atoms with Crippen molar-refractivity contribution < 1.29 is 4.79 Å². The molecule has 1 fully saturated rings. The van der Waals surface area contributed by atoms with Crippen LogP contribution in [0.5, 0.6) is 0 Å². The summed E-state index contributed by atoms with van der Waals surface area (Å²) in [7, 11) is 1.89. The summed E-state index contributed by atoms with van der Waals surface area (Å²) in [4.78, 5) is 30.2. The SMILES string of the molecule is CCN1CCC(N(C)C(=O)c2csc(-c3cn[nH]c3-c3cnccn3)n2)CC1. The van der Waals surface area contributed by atoms with Crippen LogP contribution in [0.25, 0.3) is 22.0 Å². The molecule has 1 aliphatic heterocycles. The van der Waals surface area contributed by atoms with Gasteiger partial charge in [-0.25, -0.2) is 4.98 Å². The van der Waals surface area contributed by atoms with Gasteiger partial charge in [0.1, 0.15) is 16.4 Å². The highest BCUT2D eigenvalue weighted by molar-refractivity contribution is 7.13. The zero-order valence-electron chi connectivity index (χ0n) is 16.0. The molecule has 28 heavy (non-hydrogen) atoms. The van der Waals surface area contributed by atoms with Gasteiger partial charge in [0.2, 0.25) is 0 Å². The molecule has 146 valence electrons. The first kappa shape index (κ1) is 18.7. The van der Waals surface area contributed by atoms with E-state index in [1.54, 1.807) is 24.8 Å². The Morgan fingerprint density at radius 2 is 2.14 bits per heavy atom. The van der Waals surface area contributed by atoms with E-state index in [-0.39, 0.29) is 11.9 Å². The summed E-state index contributed by atoms with van der Waals surface area (Å²) in [5.41, 5.74) is 2.75. The van der Waals surface area contributed by atoms with Gasteiger partial charge in [-0.1, -0.05) is 6.92 Å². The molecule has 1 N–H and O–H groups in total.